The van der Waals surface area contributed by atoms with Crippen LogP contribution in [0.25, 0.3) is 10.2 Å². The van der Waals surface area contributed by atoms with E-state index in [2.05, 4.69) is 30.9 Å². The van der Waals surface area contributed by atoms with Gasteiger partial charge < -0.3 is 25.9 Å². The second-order valence-corrected chi connectivity index (χ2v) is 16.3. The van der Waals surface area contributed by atoms with Crippen molar-refractivity contribution >= 4 is 68.5 Å². The molecule has 1 heterocycles. The Morgan fingerprint density at radius 3 is 2.21 bits per heavy atom. The van der Waals surface area contributed by atoms with E-state index in [0.717, 1.165) is 10.3 Å². The number of hydrogen-bond donors (Lipinski definition) is 4. The lowest BCUT2D eigenvalue weighted by molar-refractivity contribution is -0.132. The van der Waals surface area contributed by atoms with Crippen molar-refractivity contribution in [3.05, 3.63) is 65.2 Å². The van der Waals surface area contributed by atoms with Gasteiger partial charge in [-0.3, -0.25) is 34.5 Å². The number of fused-ring (bicyclic) bond motifs is 1. The van der Waals surface area contributed by atoms with E-state index in [-0.39, 0.29) is 61.0 Å². The summed E-state index contributed by atoms with van der Waals surface area (Å²) in [6.07, 6.45) is 1.96. The van der Waals surface area contributed by atoms with Crippen molar-refractivity contribution in [1.29, 1.82) is 0 Å². The maximum atomic E-state index is 14.2. The number of nitrogens with zero attached hydrogens (tertiary/aromatic N) is 3. The number of unbranched alkanes of at least 4 members (excludes halogenated alkanes) is 1. The van der Waals surface area contributed by atoms with Crippen LogP contribution in [0.3, 0.4) is 0 Å². The molecule has 0 radical (unpaired) electrons. The summed E-state index contributed by atoms with van der Waals surface area (Å²) >= 11 is 1.25. The SMILES string of the molecule is CCC(N)=NCCC[C@H](NC(=O)[C@@H](CC(=O)[C@H](CCC(C)=O)NC(=O)CCCCN=C(C)NC(=O)OC(C)(C)C)Cc1ccccc1)C(=O)c1nc2ccccc2s1. The Morgan fingerprint density at radius 1 is 0.845 bits per heavy atom. The molecule has 0 aliphatic carbocycles. The van der Waals surface area contributed by atoms with Crippen molar-refractivity contribution in [3.63, 3.8) is 0 Å². The first-order chi connectivity index (χ1) is 27.5. The fourth-order valence-corrected chi connectivity index (χ4v) is 6.88. The number of amides is 3. The van der Waals surface area contributed by atoms with E-state index in [1.165, 1.54) is 18.3 Å². The van der Waals surface area contributed by atoms with Crippen LogP contribution in [0.4, 0.5) is 4.79 Å². The number of hydrogen-bond acceptors (Lipinski definition) is 11. The minimum absolute atomic E-state index is 0.0641. The van der Waals surface area contributed by atoms with Gasteiger partial charge >= 0.3 is 6.09 Å². The molecule has 0 unspecified atom stereocenters. The van der Waals surface area contributed by atoms with Crippen molar-refractivity contribution in [3.8, 4) is 0 Å². The molecule has 314 valence electrons. The Bertz CT molecular complexity index is 1890. The van der Waals surface area contributed by atoms with Crippen LogP contribution < -0.4 is 21.7 Å². The highest BCUT2D eigenvalue weighted by molar-refractivity contribution is 7.20. The summed E-state index contributed by atoms with van der Waals surface area (Å²) in [5.74, 6) is -1.72. The molecule has 0 bridgehead atoms. The van der Waals surface area contributed by atoms with Crippen LogP contribution >= 0.6 is 11.3 Å². The lowest BCUT2D eigenvalue weighted by Crippen LogP contribution is -2.46. The number of nitrogens with two attached hydrogens (primary N) is 1. The van der Waals surface area contributed by atoms with E-state index in [9.17, 15) is 28.8 Å². The number of nitrogens with one attached hydrogen (secondary N) is 3. The number of thiazole rings is 1. The molecule has 14 nitrogen and oxygen atoms in total. The van der Waals surface area contributed by atoms with Gasteiger partial charge in [0.25, 0.3) is 0 Å². The second kappa shape index (κ2) is 23.8. The summed E-state index contributed by atoms with van der Waals surface area (Å²) in [4.78, 5) is 92.4. The van der Waals surface area contributed by atoms with E-state index in [1.54, 1.807) is 27.7 Å². The summed E-state index contributed by atoms with van der Waals surface area (Å²) in [7, 11) is 0. The topological polar surface area (TPSA) is 211 Å². The molecule has 3 amide bonds. The van der Waals surface area contributed by atoms with Crippen LogP contribution in [-0.4, -0.2) is 82.7 Å². The molecule has 3 aromatic rings. The molecule has 0 aliphatic rings. The average Bonchev–Trinajstić information content (AvgIpc) is 3.61. The average molecular weight is 818 g/mol. The smallest absolute Gasteiger partial charge is 0.413 e. The largest absolute Gasteiger partial charge is 0.444 e. The maximum Gasteiger partial charge on any atom is 0.413 e. The molecular weight excluding hydrogens is 759 g/mol. The predicted molar refractivity (Wildman–Crippen MR) is 228 cm³/mol. The molecule has 0 saturated heterocycles. The van der Waals surface area contributed by atoms with Gasteiger partial charge in [0.1, 0.15) is 17.2 Å². The Balaban J connectivity index is 1.74. The van der Waals surface area contributed by atoms with Crippen molar-refractivity contribution in [2.45, 2.75) is 123 Å². The molecule has 5 N–H and O–H groups in total. The first-order valence-electron chi connectivity index (χ1n) is 19.9. The molecular formula is C43H59N7O7S. The number of carbonyl (C=O) groups is 6. The van der Waals surface area contributed by atoms with E-state index in [0.29, 0.717) is 56.0 Å². The summed E-state index contributed by atoms with van der Waals surface area (Å²) < 4.78 is 6.07. The molecule has 1 aromatic heterocycles. The monoisotopic (exact) mass is 817 g/mol. The first-order valence-corrected chi connectivity index (χ1v) is 20.7. The third kappa shape index (κ3) is 17.5. The van der Waals surface area contributed by atoms with Gasteiger partial charge in [0.05, 0.1) is 28.1 Å². The van der Waals surface area contributed by atoms with Crippen molar-refractivity contribution in [1.82, 2.24) is 20.9 Å². The summed E-state index contributed by atoms with van der Waals surface area (Å²) in [5, 5.41) is 8.59. The van der Waals surface area contributed by atoms with Gasteiger partial charge in [0.15, 0.2) is 10.8 Å². The Morgan fingerprint density at radius 2 is 1.53 bits per heavy atom. The maximum absolute atomic E-state index is 14.2. The van der Waals surface area contributed by atoms with Gasteiger partial charge in [-0.05, 0) is 90.8 Å². The number of ether oxygens (including phenoxy) is 1. The minimum atomic E-state index is -0.997. The number of rotatable bonds is 23. The van der Waals surface area contributed by atoms with Crippen molar-refractivity contribution in [2.24, 2.45) is 21.6 Å². The summed E-state index contributed by atoms with van der Waals surface area (Å²) in [6, 6.07) is 14.7. The van der Waals surface area contributed by atoms with Crippen LogP contribution in [0.15, 0.2) is 64.6 Å². The van der Waals surface area contributed by atoms with E-state index >= 15 is 0 Å². The number of alkyl carbamates (subject to hydrolysis) is 1. The van der Waals surface area contributed by atoms with Crippen molar-refractivity contribution in [2.75, 3.05) is 13.1 Å². The van der Waals surface area contributed by atoms with Crippen LogP contribution in [0.2, 0.25) is 0 Å². The fourth-order valence-electron chi connectivity index (χ4n) is 5.92. The number of aromatic nitrogens is 1. The van der Waals surface area contributed by atoms with Gasteiger partial charge in [-0.1, -0.05) is 49.4 Å². The summed E-state index contributed by atoms with van der Waals surface area (Å²) in [5.41, 5.74) is 6.76. The molecule has 0 aliphatic heterocycles. The van der Waals surface area contributed by atoms with Crippen LogP contribution in [0.1, 0.15) is 115 Å². The number of amidine groups is 2. The van der Waals surface area contributed by atoms with Crippen LogP contribution in [0.5, 0.6) is 0 Å². The molecule has 0 fully saturated rings. The van der Waals surface area contributed by atoms with Crippen LogP contribution in [0, 0.1) is 5.92 Å². The molecule has 15 heteroatoms. The van der Waals surface area contributed by atoms with E-state index in [4.69, 9.17) is 10.5 Å². The third-order valence-electron chi connectivity index (χ3n) is 8.96. The van der Waals surface area contributed by atoms with Gasteiger partial charge in [0, 0.05) is 44.7 Å². The highest BCUT2D eigenvalue weighted by Gasteiger charge is 2.32. The van der Waals surface area contributed by atoms with E-state index < -0.39 is 41.4 Å². The Kier molecular flexibility index (Phi) is 19.3. The lowest BCUT2D eigenvalue weighted by Gasteiger charge is -2.24. The summed E-state index contributed by atoms with van der Waals surface area (Å²) in [6.45, 7) is 11.0. The van der Waals surface area contributed by atoms with Gasteiger partial charge in [-0.15, -0.1) is 11.3 Å². The standard InChI is InChI=1S/C43H59N7O7S/c1-7-37(44)46-25-15-19-34(39(54)41-50-33-18-11-12-20-36(33)58-41)49-40(55)31(26-30-16-9-8-10-17-30)27-35(52)32(23-22-28(2)51)48-38(53)21-13-14-24-45-29(3)47-42(56)57-43(4,5)6/h8-12,16-18,20,31-32,34H,7,13-15,19,21-27H2,1-6H3,(H2,44,46)(H,48,53)(H,49,55)(H,45,47,56)/t31-,32+,34+/m1/s1. The zero-order valence-corrected chi connectivity index (χ0v) is 35.4. The van der Waals surface area contributed by atoms with Gasteiger partial charge in [-0.25, -0.2) is 9.78 Å². The van der Waals surface area contributed by atoms with Crippen LogP contribution in [-0.2, 0) is 30.3 Å². The number of benzene rings is 2. The molecule has 0 spiro atoms. The predicted octanol–water partition coefficient (Wildman–Crippen LogP) is 6.30. The number of aliphatic imine (C=N–C) groups is 2. The zero-order valence-electron chi connectivity index (χ0n) is 34.6. The number of carbonyl (C=O) groups excluding carboxylic acids is 6. The van der Waals surface area contributed by atoms with Crippen molar-refractivity contribution < 1.29 is 33.5 Å². The first kappa shape index (κ1) is 47.1. The molecule has 2 aromatic carbocycles. The normalized spacial score (nSPS) is 13.6. The number of ketones is 3. The van der Waals surface area contributed by atoms with Gasteiger partial charge in [0.2, 0.25) is 17.6 Å². The third-order valence-corrected chi connectivity index (χ3v) is 10.0. The molecule has 0 saturated carbocycles. The quantitative estimate of drug-likeness (QED) is 0.0366. The number of para-hydroxylation sites is 1. The number of Topliss-reactive ketones (excluding diaryl/α,β-unsaturated/α-hetero) is 3. The Labute approximate surface area is 345 Å². The molecule has 3 atom stereocenters. The Hall–Kier alpha value is -5.31. The second-order valence-electron chi connectivity index (χ2n) is 15.3. The highest BCUT2D eigenvalue weighted by atomic mass is 32.1. The highest BCUT2D eigenvalue weighted by Crippen LogP contribution is 2.24. The minimum Gasteiger partial charge on any atom is -0.444 e. The van der Waals surface area contributed by atoms with E-state index in [1.807, 2.05) is 61.5 Å². The van der Waals surface area contributed by atoms with Gasteiger partial charge in [-0.2, -0.15) is 0 Å². The molecule has 3 rings (SSSR count). The fraction of sp³-hybridized carbons (Fsp3) is 0.512. The molecule has 58 heavy (non-hydrogen) atoms. The lowest BCUT2D eigenvalue weighted by atomic mass is 9.89. The zero-order chi connectivity index (χ0) is 42.7.